The number of aromatic hydroxyl groups is 1. The van der Waals surface area contributed by atoms with Crippen molar-refractivity contribution < 1.29 is 18.6 Å². The molecule has 4 saturated heterocycles. The summed E-state index contributed by atoms with van der Waals surface area (Å²) in [6.07, 6.45) is 10.9. The van der Waals surface area contributed by atoms with Crippen LogP contribution in [0.15, 0.2) is 54.8 Å². The van der Waals surface area contributed by atoms with Crippen LogP contribution in [0.1, 0.15) is 31.2 Å². The normalized spacial score (nSPS) is 22.4. The third-order valence-corrected chi connectivity index (χ3v) is 9.74. The van der Waals surface area contributed by atoms with Gasteiger partial charge in [-0.1, -0.05) is 36.3 Å². The van der Waals surface area contributed by atoms with E-state index in [0.717, 1.165) is 49.9 Å². The number of halogens is 2. The van der Waals surface area contributed by atoms with Gasteiger partial charge >= 0.3 is 6.01 Å². The Balaban J connectivity index is 1.28. The summed E-state index contributed by atoms with van der Waals surface area (Å²) in [7, 11) is 0. The number of phenols is 1. The fourth-order valence-electron chi connectivity index (χ4n) is 7.89. The second kappa shape index (κ2) is 10.2. The van der Waals surface area contributed by atoms with Gasteiger partial charge in [0.25, 0.3) is 0 Å². The zero-order chi connectivity index (χ0) is 31.0. The van der Waals surface area contributed by atoms with E-state index in [2.05, 4.69) is 44.2 Å². The first-order valence-electron chi connectivity index (χ1n) is 15.2. The van der Waals surface area contributed by atoms with Gasteiger partial charge in [-0.25, -0.2) is 8.78 Å². The molecule has 4 aromatic rings. The Hall–Kier alpha value is -4.59. The Morgan fingerprint density at radius 1 is 1.09 bits per heavy atom. The molecular formula is C35H32F2N6O2. The number of aromatic nitrogens is 3. The quantitative estimate of drug-likeness (QED) is 0.240. The van der Waals surface area contributed by atoms with Crippen molar-refractivity contribution in [1.82, 2.24) is 25.2 Å². The van der Waals surface area contributed by atoms with Crippen molar-refractivity contribution in [2.24, 2.45) is 0 Å². The molecule has 0 radical (unpaired) electrons. The summed E-state index contributed by atoms with van der Waals surface area (Å²) in [5, 5.41) is 15.4. The summed E-state index contributed by atoms with van der Waals surface area (Å²) < 4.78 is 38.0. The van der Waals surface area contributed by atoms with E-state index in [1.807, 2.05) is 0 Å². The van der Waals surface area contributed by atoms with E-state index in [9.17, 15) is 9.50 Å². The van der Waals surface area contributed by atoms with Gasteiger partial charge < -0.3 is 20.1 Å². The number of hydrogen-bond acceptors (Lipinski definition) is 8. The van der Waals surface area contributed by atoms with Crippen LogP contribution in [-0.2, 0) is 0 Å². The van der Waals surface area contributed by atoms with Crippen molar-refractivity contribution >= 4 is 27.5 Å². The Labute approximate surface area is 259 Å². The topological polar surface area (TPSA) is 86.6 Å². The summed E-state index contributed by atoms with van der Waals surface area (Å²) >= 11 is 0. The highest BCUT2D eigenvalue weighted by molar-refractivity contribution is 6.03. The fraction of sp³-hybridized carbons (Fsp3) is 0.343. The number of pyridine rings is 1. The van der Waals surface area contributed by atoms with Crippen LogP contribution >= 0.6 is 0 Å². The molecule has 8 rings (SSSR count). The molecule has 228 valence electrons. The number of nitrogens with zero attached hydrogens (tertiary/aromatic N) is 5. The number of hydrogen-bond donors (Lipinski definition) is 2. The van der Waals surface area contributed by atoms with E-state index in [4.69, 9.17) is 16.1 Å². The molecular weight excluding hydrogens is 574 g/mol. The van der Waals surface area contributed by atoms with Crippen LogP contribution in [0.2, 0.25) is 0 Å². The van der Waals surface area contributed by atoms with Crippen LogP contribution in [-0.4, -0.2) is 75.4 Å². The van der Waals surface area contributed by atoms with Gasteiger partial charge in [0.1, 0.15) is 35.2 Å². The molecule has 0 aliphatic carbocycles. The smallest absolute Gasteiger partial charge is 0.319 e. The summed E-state index contributed by atoms with van der Waals surface area (Å²) in [5.41, 5.74) is 2.07. The van der Waals surface area contributed by atoms with Gasteiger partial charge in [0, 0.05) is 55.4 Å². The van der Waals surface area contributed by atoms with Crippen LogP contribution < -0.4 is 15.0 Å². The maximum atomic E-state index is 16.8. The monoisotopic (exact) mass is 606 g/mol. The number of rotatable bonds is 5. The molecule has 6 heterocycles. The molecule has 2 atom stereocenters. The molecule has 4 aliphatic rings. The number of terminal acetylenes is 1. The summed E-state index contributed by atoms with van der Waals surface area (Å²) in [6, 6.07) is 6.23. The molecule has 2 aromatic heterocycles. The molecule has 0 amide bonds. The first-order valence-corrected chi connectivity index (χ1v) is 15.2. The largest absolute Gasteiger partial charge is 0.508 e. The molecule has 2 N–H and O–H groups in total. The van der Waals surface area contributed by atoms with Crippen LogP contribution in [0.3, 0.4) is 0 Å². The van der Waals surface area contributed by atoms with Gasteiger partial charge in [-0.05, 0) is 49.3 Å². The predicted octanol–water partition coefficient (Wildman–Crippen LogP) is 5.09. The van der Waals surface area contributed by atoms with Crippen molar-refractivity contribution in [3.63, 3.8) is 0 Å². The summed E-state index contributed by atoms with van der Waals surface area (Å²) in [4.78, 5) is 18.5. The van der Waals surface area contributed by atoms with Gasteiger partial charge in [0.2, 0.25) is 0 Å². The molecule has 2 aromatic carbocycles. The van der Waals surface area contributed by atoms with Crippen LogP contribution in [0.4, 0.5) is 14.6 Å². The minimum atomic E-state index is -0.735. The van der Waals surface area contributed by atoms with Crippen molar-refractivity contribution in [2.45, 2.75) is 43.3 Å². The number of nitrogens with one attached hydrogen (secondary N) is 1. The van der Waals surface area contributed by atoms with Gasteiger partial charge in [0.05, 0.1) is 16.5 Å². The Kier molecular flexibility index (Phi) is 6.34. The molecule has 2 unspecified atom stereocenters. The van der Waals surface area contributed by atoms with Crippen molar-refractivity contribution in [1.29, 1.82) is 0 Å². The first-order chi connectivity index (χ1) is 21.7. The predicted molar refractivity (Wildman–Crippen MR) is 169 cm³/mol. The van der Waals surface area contributed by atoms with Gasteiger partial charge in [-0.15, -0.1) is 6.42 Å². The molecule has 8 nitrogen and oxygen atoms in total. The van der Waals surface area contributed by atoms with E-state index in [0.29, 0.717) is 48.4 Å². The highest BCUT2D eigenvalue weighted by Crippen LogP contribution is 2.43. The lowest BCUT2D eigenvalue weighted by molar-refractivity contribution is 0.108. The molecule has 4 fully saturated rings. The van der Waals surface area contributed by atoms with Crippen molar-refractivity contribution in [3.8, 4) is 35.4 Å². The molecule has 4 aliphatic heterocycles. The van der Waals surface area contributed by atoms with E-state index in [1.165, 1.54) is 24.3 Å². The fourth-order valence-corrected chi connectivity index (χ4v) is 7.89. The average Bonchev–Trinajstić information content (AvgIpc) is 3.62. The number of fused-ring (bicyclic) bond motifs is 5. The molecule has 45 heavy (non-hydrogen) atoms. The summed E-state index contributed by atoms with van der Waals surface area (Å²) in [5.74, 6) is 1.46. The number of ether oxygens (including phenoxy) is 1. The molecule has 10 heteroatoms. The lowest BCUT2D eigenvalue weighted by Gasteiger charge is -2.34. The maximum absolute atomic E-state index is 16.8. The average molecular weight is 607 g/mol. The molecule has 0 spiro atoms. The Bertz CT molecular complexity index is 1960. The summed E-state index contributed by atoms with van der Waals surface area (Å²) in [6.45, 7) is 11.7. The minimum Gasteiger partial charge on any atom is -0.508 e. The number of anilines is 1. The van der Waals surface area contributed by atoms with E-state index >= 15 is 4.39 Å². The second-order valence-corrected chi connectivity index (χ2v) is 12.9. The van der Waals surface area contributed by atoms with Gasteiger partial charge in [-0.3, -0.25) is 9.88 Å². The third kappa shape index (κ3) is 4.52. The van der Waals surface area contributed by atoms with Crippen LogP contribution in [0, 0.1) is 24.0 Å². The van der Waals surface area contributed by atoms with E-state index in [-0.39, 0.29) is 45.0 Å². The lowest BCUT2D eigenvalue weighted by Crippen LogP contribution is -2.51. The van der Waals surface area contributed by atoms with Gasteiger partial charge in [-0.2, -0.15) is 9.97 Å². The molecule has 2 bridgehead atoms. The van der Waals surface area contributed by atoms with Crippen molar-refractivity contribution in [3.05, 3.63) is 72.0 Å². The van der Waals surface area contributed by atoms with Crippen LogP contribution in [0.25, 0.3) is 32.9 Å². The Morgan fingerprint density at radius 3 is 2.53 bits per heavy atom. The highest BCUT2D eigenvalue weighted by Gasteiger charge is 2.48. The van der Waals surface area contributed by atoms with Gasteiger partial charge in [0.15, 0.2) is 5.82 Å². The number of phenolic OH excluding ortho intramolecular Hbond substituents is 1. The zero-order valence-electron chi connectivity index (χ0n) is 24.7. The molecule has 0 saturated carbocycles. The highest BCUT2D eigenvalue weighted by atomic mass is 19.1. The number of piperazine rings is 1. The zero-order valence-corrected chi connectivity index (χ0v) is 24.7. The third-order valence-electron chi connectivity index (χ3n) is 9.74. The lowest BCUT2D eigenvalue weighted by atomic mass is 9.92. The SMILES string of the molecule is C#Cc1c(F)ccc2cc(O)cc(-c3ncc4c(N5CC6CCC(C5)N6)nc(OCC56CC(=C)CN5CC(=C)C6)nc4c3F)c12. The maximum Gasteiger partial charge on any atom is 0.319 e. The minimum absolute atomic E-state index is 0.0297. The van der Waals surface area contributed by atoms with Crippen LogP contribution in [0.5, 0.6) is 11.8 Å². The standard InChI is InChI=1S/C35H32F2N6O2/c1-4-25-28(36)8-5-21-9-24(44)10-26(29(21)25)31-30(37)32-27(13-38-31)33(42-16-22-6-7-23(17-42)39-22)41-34(40-32)45-18-35-11-19(2)14-43(35)15-20(3)12-35/h1,5,8-10,13,22-23,39,44H,2-3,6-7,11-12,14-18H2. The second-order valence-electron chi connectivity index (χ2n) is 12.9. The Morgan fingerprint density at radius 2 is 1.82 bits per heavy atom. The van der Waals surface area contributed by atoms with Crippen molar-refractivity contribution in [2.75, 3.05) is 37.7 Å². The first kappa shape index (κ1) is 27.9. The number of benzene rings is 2. The van der Waals surface area contributed by atoms with E-state index < -0.39 is 11.6 Å². The van der Waals surface area contributed by atoms with E-state index in [1.54, 1.807) is 6.20 Å².